The lowest BCUT2D eigenvalue weighted by molar-refractivity contribution is 0.469. The largest absolute Gasteiger partial charge is 0.508 e. The minimum atomic E-state index is 0.318. The first kappa shape index (κ1) is 13.2. The molecule has 0 spiro atoms. The summed E-state index contributed by atoms with van der Waals surface area (Å²) in [4.78, 5) is 4.05. The number of aryl methyl sites for hydroxylation is 1. The van der Waals surface area contributed by atoms with Gasteiger partial charge < -0.3 is 15.0 Å². The fraction of sp³-hybridized carbons (Fsp3) is 0.118. The highest BCUT2D eigenvalue weighted by Gasteiger charge is 2.02. The number of rotatable bonds is 4. The van der Waals surface area contributed by atoms with Crippen molar-refractivity contribution < 1.29 is 5.11 Å². The van der Waals surface area contributed by atoms with Crippen LogP contribution in [0, 0.1) is 6.92 Å². The Morgan fingerprint density at radius 3 is 2.90 bits per heavy atom. The average molecular weight is 279 g/mol. The Kier molecular flexibility index (Phi) is 3.60. The highest BCUT2D eigenvalue weighted by molar-refractivity contribution is 5.52. The molecular formula is C17H17N3O. The third-order valence-corrected chi connectivity index (χ3v) is 3.37. The van der Waals surface area contributed by atoms with Crippen molar-refractivity contribution in [2.24, 2.45) is 0 Å². The van der Waals surface area contributed by atoms with Crippen LogP contribution in [0.5, 0.6) is 5.75 Å². The summed E-state index contributed by atoms with van der Waals surface area (Å²) >= 11 is 0. The predicted octanol–water partition coefficient (Wildman–Crippen LogP) is 3.50. The van der Waals surface area contributed by atoms with E-state index in [9.17, 15) is 5.11 Å². The maximum atomic E-state index is 9.87. The number of hydrogen-bond donors (Lipinski definition) is 2. The maximum absolute atomic E-state index is 9.87. The number of phenolic OH excluding ortho intramolecular Hbond substituents is 1. The number of nitrogens with one attached hydrogen (secondary N) is 1. The van der Waals surface area contributed by atoms with Crippen LogP contribution in [0.25, 0.3) is 5.69 Å². The topological polar surface area (TPSA) is 50.1 Å². The third kappa shape index (κ3) is 3.05. The molecule has 0 amide bonds. The molecule has 0 saturated carbocycles. The van der Waals surface area contributed by atoms with Crippen molar-refractivity contribution >= 4 is 5.69 Å². The van der Waals surface area contributed by atoms with Gasteiger partial charge >= 0.3 is 0 Å². The van der Waals surface area contributed by atoms with E-state index in [-0.39, 0.29) is 0 Å². The lowest BCUT2D eigenvalue weighted by atomic mass is 10.1. The summed E-state index contributed by atoms with van der Waals surface area (Å²) in [6, 6.07) is 13.7. The summed E-state index contributed by atoms with van der Waals surface area (Å²) in [5, 5.41) is 13.2. The minimum absolute atomic E-state index is 0.318. The van der Waals surface area contributed by atoms with Gasteiger partial charge in [-0.3, -0.25) is 0 Å². The minimum Gasteiger partial charge on any atom is -0.508 e. The smallest absolute Gasteiger partial charge is 0.120 e. The first-order valence-electron chi connectivity index (χ1n) is 6.83. The van der Waals surface area contributed by atoms with E-state index < -0.39 is 0 Å². The van der Waals surface area contributed by atoms with Crippen LogP contribution < -0.4 is 5.32 Å². The van der Waals surface area contributed by atoms with Gasteiger partial charge in [-0.15, -0.1) is 0 Å². The first-order chi connectivity index (χ1) is 10.2. The number of imidazole rings is 1. The lowest BCUT2D eigenvalue weighted by Crippen LogP contribution is -2.01. The summed E-state index contributed by atoms with van der Waals surface area (Å²) < 4.78 is 1.95. The Bertz CT molecular complexity index is 736. The van der Waals surface area contributed by atoms with Gasteiger partial charge in [0.2, 0.25) is 0 Å². The average Bonchev–Trinajstić information content (AvgIpc) is 3.03. The van der Waals surface area contributed by atoms with Crippen LogP contribution in [0.15, 0.2) is 61.2 Å². The molecule has 3 aromatic rings. The molecule has 0 radical (unpaired) electrons. The van der Waals surface area contributed by atoms with Gasteiger partial charge in [-0.1, -0.05) is 23.8 Å². The number of aromatic hydroxyl groups is 1. The van der Waals surface area contributed by atoms with Crippen LogP contribution in [0.2, 0.25) is 0 Å². The monoisotopic (exact) mass is 279 g/mol. The van der Waals surface area contributed by atoms with Crippen LogP contribution in [0.1, 0.15) is 11.1 Å². The molecular weight excluding hydrogens is 262 g/mol. The Morgan fingerprint density at radius 2 is 2.10 bits per heavy atom. The zero-order chi connectivity index (χ0) is 14.7. The Hall–Kier alpha value is -2.75. The molecule has 21 heavy (non-hydrogen) atoms. The highest BCUT2D eigenvalue weighted by Crippen LogP contribution is 2.20. The third-order valence-electron chi connectivity index (χ3n) is 3.37. The van der Waals surface area contributed by atoms with Crippen molar-refractivity contribution in [1.29, 1.82) is 0 Å². The van der Waals surface area contributed by atoms with Gasteiger partial charge in [0.1, 0.15) is 5.75 Å². The summed E-state index contributed by atoms with van der Waals surface area (Å²) in [5.74, 6) is 0.318. The second kappa shape index (κ2) is 5.71. The second-order valence-corrected chi connectivity index (χ2v) is 5.01. The van der Waals surface area contributed by atoms with E-state index >= 15 is 0 Å². The molecule has 4 heteroatoms. The van der Waals surface area contributed by atoms with E-state index in [0.717, 1.165) is 22.5 Å². The van der Waals surface area contributed by atoms with Gasteiger partial charge in [-0.05, 0) is 31.2 Å². The van der Waals surface area contributed by atoms with Crippen molar-refractivity contribution in [2.75, 3.05) is 5.32 Å². The molecule has 0 atom stereocenters. The zero-order valence-electron chi connectivity index (χ0n) is 11.8. The number of anilines is 1. The van der Waals surface area contributed by atoms with Crippen molar-refractivity contribution in [3.63, 3.8) is 0 Å². The van der Waals surface area contributed by atoms with Crippen molar-refractivity contribution in [1.82, 2.24) is 9.55 Å². The molecule has 1 heterocycles. The maximum Gasteiger partial charge on any atom is 0.120 e. The molecule has 3 rings (SSSR count). The highest BCUT2D eigenvalue weighted by atomic mass is 16.3. The standard InChI is InChI=1S/C17H17N3O/c1-13-5-6-17(21)14(9-13)11-19-15-3-2-4-16(10-15)20-8-7-18-12-20/h2-10,12,19,21H,11H2,1H3. The van der Waals surface area contributed by atoms with Gasteiger partial charge in [0, 0.05) is 35.9 Å². The lowest BCUT2D eigenvalue weighted by Gasteiger charge is -2.10. The van der Waals surface area contributed by atoms with Crippen LogP contribution in [0.4, 0.5) is 5.69 Å². The van der Waals surface area contributed by atoms with E-state index in [2.05, 4.69) is 16.4 Å². The normalized spacial score (nSPS) is 10.5. The van der Waals surface area contributed by atoms with Crippen molar-refractivity contribution in [3.05, 3.63) is 72.3 Å². The number of aromatic nitrogens is 2. The number of phenols is 1. The van der Waals surface area contributed by atoms with Gasteiger partial charge in [-0.2, -0.15) is 0 Å². The van der Waals surface area contributed by atoms with Crippen LogP contribution in [-0.4, -0.2) is 14.7 Å². The molecule has 0 saturated heterocycles. The molecule has 0 unspecified atom stereocenters. The predicted molar refractivity (Wildman–Crippen MR) is 83.7 cm³/mol. The quantitative estimate of drug-likeness (QED) is 0.768. The Labute approximate surface area is 123 Å². The number of nitrogens with zero attached hydrogens (tertiary/aromatic N) is 2. The van der Waals surface area contributed by atoms with Crippen LogP contribution in [-0.2, 0) is 6.54 Å². The van der Waals surface area contributed by atoms with Crippen molar-refractivity contribution in [3.8, 4) is 11.4 Å². The summed E-state index contributed by atoms with van der Waals surface area (Å²) in [6.45, 7) is 2.60. The second-order valence-electron chi connectivity index (χ2n) is 5.01. The summed E-state index contributed by atoms with van der Waals surface area (Å²) in [6.07, 6.45) is 5.43. The Balaban J connectivity index is 1.76. The van der Waals surface area contributed by atoms with Crippen LogP contribution in [0.3, 0.4) is 0 Å². The van der Waals surface area contributed by atoms with E-state index in [0.29, 0.717) is 12.3 Å². The molecule has 0 aliphatic rings. The molecule has 0 aliphatic carbocycles. The van der Waals surface area contributed by atoms with E-state index in [4.69, 9.17) is 0 Å². The molecule has 0 bridgehead atoms. The fourth-order valence-corrected chi connectivity index (χ4v) is 2.24. The van der Waals surface area contributed by atoms with E-state index in [1.54, 1.807) is 18.6 Å². The molecule has 106 valence electrons. The first-order valence-corrected chi connectivity index (χ1v) is 6.83. The summed E-state index contributed by atoms with van der Waals surface area (Å²) in [5.41, 5.74) is 4.08. The molecule has 4 nitrogen and oxygen atoms in total. The van der Waals surface area contributed by atoms with Crippen molar-refractivity contribution in [2.45, 2.75) is 13.5 Å². The molecule has 2 N–H and O–H groups in total. The Morgan fingerprint density at radius 1 is 1.19 bits per heavy atom. The molecule has 1 aromatic heterocycles. The zero-order valence-corrected chi connectivity index (χ0v) is 11.8. The molecule has 2 aromatic carbocycles. The molecule has 0 fully saturated rings. The van der Waals surface area contributed by atoms with Gasteiger partial charge in [-0.25, -0.2) is 4.98 Å². The SMILES string of the molecule is Cc1ccc(O)c(CNc2cccc(-n3ccnc3)c2)c1. The van der Waals surface area contributed by atoms with E-state index in [1.165, 1.54) is 0 Å². The fourth-order valence-electron chi connectivity index (χ4n) is 2.24. The van der Waals surface area contributed by atoms with Gasteiger partial charge in [0.05, 0.1) is 6.33 Å². The number of benzene rings is 2. The number of hydrogen-bond acceptors (Lipinski definition) is 3. The van der Waals surface area contributed by atoms with Gasteiger partial charge in [0.25, 0.3) is 0 Å². The summed E-state index contributed by atoms with van der Waals surface area (Å²) in [7, 11) is 0. The van der Waals surface area contributed by atoms with Crippen LogP contribution >= 0.6 is 0 Å². The van der Waals surface area contributed by atoms with E-state index in [1.807, 2.05) is 48.0 Å². The molecule has 0 aliphatic heterocycles. The van der Waals surface area contributed by atoms with Gasteiger partial charge in [0.15, 0.2) is 0 Å².